The number of hydrogen-bond donors (Lipinski definition) is 0. The number of nitrogens with zero attached hydrogens (tertiary/aromatic N) is 2. The van der Waals surface area contributed by atoms with Crippen LogP contribution in [0.2, 0.25) is 5.02 Å². The van der Waals surface area contributed by atoms with E-state index < -0.39 is 13.0 Å². The molecule has 0 spiro atoms. The van der Waals surface area contributed by atoms with Crippen LogP contribution in [0.3, 0.4) is 0 Å². The van der Waals surface area contributed by atoms with Gasteiger partial charge in [-0.15, -0.1) is 6.42 Å². The SMILES string of the molecule is C#CCOc1c(Cl)cnn1CC(F)F. The monoisotopic (exact) mass is 220 g/mol. The van der Waals surface area contributed by atoms with Crippen LogP contribution in [0.1, 0.15) is 0 Å². The zero-order valence-corrected chi connectivity index (χ0v) is 7.84. The molecule has 14 heavy (non-hydrogen) atoms. The Morgan fingerprint density at radius 1 is 1.71 bits per heavy atom. The summed E-state index contributed by atoms with van der Waals surface area (Å²) < 4.78 is 30.0. The Hall–Kier alpha value is -1.28. The summed E-state index contributed by atoms with van der Waals surface area (Å²) in [4.78, 5) is 0. The topological polar surface area (TPSA) is 27.1 Å². The molecule has 3 nitrogen and oxygen atoms in total. The lowest BCUT2D eigenvalue weighted by Crippen LogP contribution is -2.10. The molecule has 0 N–H and O–H groups in total. The maximum absolute atomic E-state index is 12.0. The molecule has 0 fully saturated rings. The molecule has 6 heteroatoms. The molecule has 0 unspecified atom stereocenters. The zero-order valence-electron chi connectivity index (χ0n) is 7.08. The van der Waals surface area contributed by atoms with E-state index in [0.29, 0.717) is 0 Å². The van der Waals surface area contributed by atoms with E-state index in [1.54, 1.807) is 0 Å². The Labute approximate surface area is 84.6 Å². The molecule has 0 radical (unpaired) electrons. The van der Waals surface area contributed by atoms with Crippen LogP contribution in [-0.2, 0) is 6.54 Å². The first-order valence-electron chi connectivity index (χ1n) is 3.71. The number of aromatic nitrogens is 2. The van der Waals surface area contributed by atoms with Gasteiger partial charge in [-0.2, -0.15) is 5.10 Å². The van der Waals surface area contributed by atoms with Crippen LogP contribution in [0.25, 0.3) is 0 Å². The first-order chi connectivity index (χ1) is 6.65. The van der Waals surface area contributed by atoms with E-state index in [1.807, 2.05) is 0 Å². The third-order valence-electron chi connectivity index (χ3n) is 1.35. The van der Waals surface area contributed by atoms with E-state index in [0.717, 1.165) is 4.68 Å². The third kappa shape index (κ3) is 2.60. The maximum atomic E-state index is 12.0. The average Bonchev–Trinajstić information content (AvgIpc) is 2.44. The Kier molecular flexibility index (Phi) is 3.72. The van der Waals surface area contributed by atoms with E-state index in [4.69, 9.17) is 22.8 Å². The molecule has 0 aliphatic carbocycles. The molecule has 0 saturated heterocycles. The van der Waals surface area contributed by atoms with Gasteiger partial charge in [0.25, 0.3) is 6.43 Å². The quantitative estimate of drug-likeness (QED) is 0.724. The van der Waals surface area contributed by atoms with Crippen molar-refractivity contribution in [3.63, 3.8) is 0 Å². The van der Waals surface area contributed by atoms with E-state index in [1.165, 1.54) is 6.20 Å². The zero-order chi connectivity index (χ0) is 10.6. The van der Waals surface area contributed by atoms with Crippen molar-refractivity contribution in [3.8, 4) is 18.2 Å². The highest BCUT2D eigenvalue weighted by atomic mass is 35.5. The molecule has 0 bridgehead atoms. The minimum absolute atomic E-state index is 0.0331. The second kappa shape index (κ2) is 4.82. The predicted molar refractivity (Wildman–Crippen MR) is 47.6 cm³/mol. The summed E-state index contributed by atoms with van der Waals surface area (Å²) in [6.07, 6.45) is 3.67. The molecule has 1 heterocycles. The van der Waals surface area contributed by atoms with Gasteiger partial charge in [-0.05, 0) is 0 Å². The number of ether oxygens (including phenoxy) is 1. The van der Waals surface area contributed by atoms with Crippen molar-refractivity contribution in [2.75, 3.05) is 6.61 Å². The van der Waals surface area contributed by atoms with Crippen LogP contribution in [-0.4, -0.2) is 22.8 Å². The van der Waals surface area contributed by atoms with Crippen LogP contribution in [0.15, 0.2) is 6.20 Å². The minimum Gasteiger partial charge on any atom is -0.464 e. The lowest BCUT2D eigenvalue weighted by atomic mass is 10.6. The standard InChI is InChI=1S/C8H7ClF2N2O/c1-2-3-14-8-6(9)4-12-13(8)5-7(10)11/h1,4,7H,3,5H2. The van der Waals surface area contributed by atoms with Crippen molar-refractivity contribution in [1.29, 1.82) is 0 Å². The Bertz CT molecular complexity index is 346. The van der Waals surface area contributed by atoms with Gasteiger partial charge in [0.1, 0.15) is 11.6 Å². The highest BCUT2D eigenvalue weighted by Gasteiger charge is 2.13. The van der Waals surface area contributed by atoms with E-state index in [-0.39, 0.29) is 17.5 Å². The number of rotatable bonds is 4. The molecule has 0 atom stereocenters. The van der Waals surface area contributed by atoms with E-state index in [2.05, 4.69) is 11.0 Å². The van der Waals surface area contributed by atoms with E-state index >= 15 is 0 Å². The van der Waals surface area contributed by atoms with E-state index in [9.17, 15) is 8.78 Å². The normalized spacial score (nSPS) is 10.2. The molecular formula is C8H7ClF2N2O. The Morgan fingerprint density at radius 2 is 2.43 bits per heavy atom. The number of halogens is 3. The molecule has 1 rings (SSSR count). The summed E-state index contributed by atoms with van der Waals surface area (Å²) in [7, 11) is 0. The Morgan fingerprint density at radius 3 is 3.00 bits per heavy atom. The molecule has 0 amide bonds. The first-order valence-corrected chi connectivity index (χ1v) is 4.08. The van der Waals surface area contributed by atoms with Gasteiger partial charge in [-0.3, -0.25) is 0 Å². The summed E-state index contributed by atoms with van der Waals surface area (Å²) in [5, 5.41) is 3.79. The summed E-state index contributed by atoms with van der Waals surface area (Å²) in [5.41, 5.74) is 0. The van der Waals surface area contributed by atoms with Crippen LogP contribution in [0.4, 0.5) is 8.78 Å². The largest absolute Gasteiger partial charge is 0.464 e. The van der Waals surface area contributed by atoms with Gasteiger partial charge in [0.15, 0.2) is 6.61 Å². The fourth-order valence-corrected chi connectivity index (χ4v) is 1.06. The van der Waals surface area contributed by atoms with Crippen LogP contribution >= 0.6 is 11.6 Å². The van der Waals surface area contributed by atoms with Gasteiger partial charge in [0, 0.05) is 0 Å². The second-order valence-electron chi connectivity index (χ2n) is 2.36. The van der Waals surface area contributed by atoms with Gasteiger partial charge in [-0.1, -0.05) is 17.5 Å². The third-order valence-corrected chi connectivity index (χ3v) is 1.61. The molecule has 76 valence electrons. The first kappa shape index (κ1) is 10.8. The average molecular weight is 221 g/mol. The van der Waals surface area contributed by atoms with Crippen molar-refractivity contribution in [2.45, 2.75) is 13.0 Å². The molecular weight excluding hydrogens is 214 g/mol. The van der Waals surface area contributed by atoms with Gasteiger partial charge in [0.05, 0.1) is 6.20 Å². The van der Waals surface area contributed by atoms with Gasteiger partial charge < -0.3 is 4.74 Å². The number of terminal acetylenes is 1. The molecule has 1 aromatic heterocycles. The van der Waals surface area contributed by atoms with Crippen molar-refractivity contribution in [2.24, 2.45) is 0 Å². The number of hydrogen-bond acceptors (Lipinski definition) is 2. The minimum atomic E-state index is -2.51. The van der Waals surface area contributed by atoms with Crippen LogP contribution in [0.5, 0.6) is 5.88 Å². The van der Waals surface area contributed by atoms with Crippen LogP contribution in [0, 0.1) is 12.3 Å². The highest BCUT2D eigenvalue weighted by Crippen LogP contribution is 2.24. The fourth-order valence-electron chi connectivity index (χ4n) is 0.866. The Balaban J connectivity index is 2.78. The van der Waals surface area contributed by atoms with Crippen molar-refractivity contribution >= 4 is 11.6 Å². The highest BCUT2D eigenvalue weighted by molar-refractivity contribution is 6.31. The van der Waals surface area contributed by atoms with Crippen molar-refractivity contribution in [1.82, 2.24) is 9.78 Å². The molecule has 0 aromatic carbocycles. The van der Waals surface area contributed by atoms with Crippen molar-refractivity contribution < 1.29 is 13.5 Å². The van der Waals surface area contributed by atoms with Crippen LogP contribution < -0.4 is 4.74 Å². The van der Waals surface area contributed by atoms with Crippen molar-refractivity contribution in [3.05, 3.63) is 11.2 Å². The smallest absolute Gasteiger partial charge is 0.258 e. The summed E-state index contributed by atoms with van der Waals surface area (Å²) in [6.45, 7) is -0.596. The number of alkyl halides is 2. The second-order valence-corrected chi connectivity index (χ2v) is 2.77. The summed E-state index contributed by atoms with van der Waals surface area (Å²) >= 11 is 5.64. The predicted octanol–water partition coefficient (Wildman–Crippen LogP) is 1.81. The maximum Gasteiger partial charge on any atom is 0.258 e. The molecule has 0 aliphatic heterocycles. The molecule has 0 saturated carbocycles. The van der Waals surface area contributed by atoms with Gasteiger partial charge in [-0.25, -0.2) is 13.5 Å². The summed E-state index contributed by atoms with van der Waals surface area (Å²) in [5.74, 6) is 2.28. The fraction of sp³-hybridized carbons (Fsp3) is 0.375. The van der Waals surface area contributed by atoms with Gasteiger partial charge in [0.2, 0.25) is 5.88 Å². The molecule has 0 aliphatic rings. The molecule has 1 aromatic rings. The lowest BCUT2D eigenvalue weighted by molar-refractivity contribution is 0.116. The van der Waals surface area contributed by atoms with Gasteiger partial charge >= 0.3 is 0 Å². The lowest BCUT2D eigenvalue weighted by Gasteiger charge is -2.06. The summed E-state index contributed by atoms with van der Waals surface area (Å²) in [6, 6.07) is 0.